The van der Waals surface area contributed by atoms with Crippen LogP contribution in [0.15, 0.2) is 23.1 Å². The molecule has 0 aromatic carbocycles. The Kier molecular flexibility index (Phi) is 4.59. The topological polar surface area (TPSA) is 34.0 Å². The molecule has 1 N–H and O–H groups in total. The highest BCUT2D eigenvalue weighted by Crippen LogP contribution is 2.28. The summed E-state index contributed by atoms with van der Waals surface area (Å²) in [6, 6.07) is 4.29. The number of pyridine rings is 1. The number of aromatic nitrogens is 1. The lowest BCUT2D eigenvalue weighted by Crippen LogP contribution is -2.41. The molecule has 0 aliphatic heterocycles. The van der Waals surface area contributed by atoms with Gasteiger partial charge in [0, 0.05) is 24.3 Å². The van der Waals surface area contributed by atoms with Crippen LogP contribution >= 0.6 is 0 Å². The van der Waals surface area contributed by atoms with Gasteiger partial charge in [0.25, 0.3) is 5.56 Å². The van der Waals surface area contributed by atoms with E-state index in [1.165, 1.54) is 25.7 Å². The van der Waals surface area contributed by atoms with E-state index >= 15 is 0 Å². The molecule has 3 heteroatoms. The van der Waals surface area contributed by atoms with Crippen molar-refractivity contribution in [3.8, 4) is 0 Å². The van der Waals surface area contributed by atoms with Crippen LogP contribution in [0, 0.1) is 12.8 Å². The number of nitrogens with zero attached hydrogens (tertiary/aromatic N) is 1. The predicted octanol–water partition coefficient (Wildman–Crippen LogP) is 2.33. The summed E-state index contributed by atoms with van der Waals surface area (Å²) >= 11 is 0. The first-order valence-corrected chi connectivity index (χ1v) is 7.11. The van der Waals surface area contributed by atoms with E-state index in [1.54, 1.807) is 0 Å². The Labute approximate surface area is 109 Å². The van der Waals surface area contributed by atoms with Gasteiger partial charge in [-0.2, -0.15) is 0 Å². The standard InChI is InChI=1S/C15H24N2O/c1-3-16-14(13-8-4-5-9-13)11-17-10-6-7-12(2)15(17)18/h6-7,10,13-14,16H,3-5,8-9,11H2,1-2H3. The number of hydrogen-bond acceptors (Lipinski definition) is 2. The second kappa shape index (κ2) is 6.19. The first-order chi connectivity index (χ1) is 8.72. The van der Waals surface area contributed by atoms with E-state index in [2.05, 4.69) is 12.2 Å². The van der Waals surface area contributed by atoms with E-state index in [0.717, 1.165) is 24.6 Å². The molecule has 1 aromatic rings. The smallest absolute Gasteiger partial charge is 0.253 e. The zero-order valence-electron chi connectivity index (χ0n) is 11.5. The molecule has 1 aromatic heterocycles. The maximum Gasteiger partial charge on any atom is 0.253 e. The van der Waals surface area contributed by atoms with Crippen LogP contribution in [0.3, 0.4) is 0 Å². The first kappa shape index (κ1) is 13.3. The molecule has 1 unspecified atom stereocenters. The Morgan fingerprint density at radius 3 is 2.83 bits per heavy atom. The van der Waals surface area contributed by atoms with Crippen molar-refractivity contribution < 1.29 is 0 Å². The van der Waals surface area contributed by atoms with Gasteiger partial charge in [0.2, 0.25) is 0 Å². The summed E-state index contributed by atoms with van der Waals surface area (Å²) in [5.41, 5.74) is 0.984. The van der Waals surface area contributed by atoms with E-state index in [9.17, 15) is 4.79 Å². The summed E-state index contributed by atoms with van der Waals surface area (Å²) in [5, 5.41) is 3.56. The maximum atomic E-state index is 12.1. The van der Waals surface area contributed by atoms with Gasteiger partial charge in [-0.05, 0) is 38.3 Å². The molecular formula is C15H24N2O. The van der Waals surface area contributed by atoms with Gasteiger partial charge in [0.1, 0.15) is 0 Å². The van der Waals surface area contributed by atoms with Crippen LogP contribution in [0.1, 0.15) is 38.2 Å². The van der Waals surface area contributed by atoms with Crippen LogP contribution in [0.2, 0.25) is 0 Å². The molecule has 1 aliphatic carbocycles. The van der Waals surface area contributed by atoms with Crippen molar-refractivity contribution in [3.05, 3.63) is 34.2 Å². The van der Waals surface area contributed by atoms with Gasteiger partial charge in [-0.1, -0.05) is 25.8 Å². The third-order valence-corrected chi connectivity index (χ3v) is 4.04. The lowest BCUT2D eigenvalue weighted by Gasteiger charge is -2.25. The summed E-state index contributed by atoms with van der Waals surface area (Å²) in [6.45, 7) is 5.80. The Hall–Kier alpha value is -1.09. The third-order valence-electron chi connectivity index (χ3n) is 4.04. The molecule has 2 rings (SSSR count). The van der Waals surface area contributed by atoms with Crippen molar-refractivity contribution in [1.82, 2.24) is 9.88 Å². The fourth-order valence-electron chi connectivity index (χ4n) is 3.01. The average molecular weight is 248 g/mol. The summed E-state index contributed by atoms with van der Waals surface area (Å²) < 4.78 is 1.86. The van der Waals surface area contributed by atoms with Crippen LogP contribution < -0.4 is 10.9 Å². The van der Waals surface area contributed by atoms with E-state index in [-0.39, 0.29) is 5.56 Å². The van der Waals surface area contributed by atoms with Crippen molar-refractivity contribution in [2.45, 2.75) is 52.1 Å². The van der Waals surface area contributed by atoms with Gasteiger partial charge < -0.3 is 9.88 Å². The van der Waals surface area contributed by atoms with Crippen LogP contribution in [0.4, 0.5) is 0 Å². The fourth-order valence-corrected chi connectivity index (χ4v) is 3.01. The van der Waals surface area contributed by atoms with Gasteiger partial charge in [-0.15, -0.1) is 0 Å². The Bertz CT molecular complexity index is 432. The summed E-state index contributed by atoms with van der Waals surface area (Å²) in [6.07, 6.45) is 7.20. The molecule has 0 saturated heterocycles. The van der Waals surface area contributed by atoms with Crippen LogP contribution in [0.25, 0.3) is 0 Å². The van der Waals surface area contributed by atoms with Crippen LogP contribution in [0.5, 0.6) is 0 Å². The average Bonchev–Trinajstić information content (AvgIpc) is 2.88. The molecule has 18 heavy (non-hydrogen) atoms. The number of aryl methyl sites for hydroxylation is 1. The van der Waals surface area contributed by atoms with Crippen molar-refractivity contribution >= 4 is 0 Å². The molecule has 1 atom stereocenters. The number of nitrogens with one attached hydrogen (secondary N) is 1. The molecule has 0 spiro atoms. The number of likely N-dealkylation sites (N-methyl/N-ethyl adjacent to an activating group) is 1. The molecule has 1 aliphatic rings. The summed E-state index contributed by atoms with van der Waals surface area (Å²) in [5.74, 6) is 0.734. The largest absolute Gasteiger partial charge is 0.314 e. The number of rotatable bonds is 5. The van der Waals surface area contributed by atoms with Gasteiger partial charge in [-0.25, -0.2) is 0 Å². The predicted molar refractivity (Wildman–Crippen MR) is 74.9 cm³/mol. The number of hydrogen-bond donors (Lipinski definition) is 1. The molecule has 1 fully saturated rings. The lowest BCUT2D eigenvalue weighted by molar-refractivity contribution is 0.324. The molecule has 0 bridgehead atoms. The first-order valence-electron chi connectivity index (χ1n) is 7.11. The Balaban J connectivity index is 2.12. The minimum Gasteiger partial charge on any atom is -0.314 e. The molecule has 100 valence electrons. The van der Waals surface area contributed by atoms with Crippen molar-refractivity contribution in [1.29, 1.82) is 0 Å². The van der Waals surface area contributed by atoms with Crippen molar-refractivity contribution in [2.75, 3.05) is 6.54 Å². The summed E-state index contributed by atoms with van der Waals surface area (Å²) in [7, 11) is 0. The molecule has 3 nitrogen and oxygen atoms in total. The monoisotopic (exact) mass is 248 g/mol. The van der Waals surface area contributed by atoms with E-state index < -0.39 is 0 Å². The van der Waals surface area contributed by atoms with Gasteiger partial charge in [0.15, 0.2) is 0 Å². The van der Waals surface area contributed by atoms with Gasteiger partial charge >= 0.3 is 0 Å². The van der Waals surface area contributed by atoms with Crippen molar-refractivity contribution in [3.63, 3.8) is 0 Å². The minimum atomic E-state index is 0.151. The fraction of sp³-hybridized carbons (Fsp3) is 0.667. The van der Waals surface area contributed by atoms with Crippen molar-refractivity contribution in [2.24, 2.45) is 5.92 Å². The van der Waals surface area contributed by atoms with Crippen LogP contribution in [-0.2, 0) is 6.54 Å². The third kappa shape index (κ3) is 3.02. The Morgan fingerprint density at radius 2 is 2.17 bits per heavy atom. The van der Waals surface area contributed by atoms with E-state index in [1.807, 2.05) is 29.8 Å². The van der Waals surface area contributed by atoms with E-state index in [4.69, 9.17) is 0 Å². The lowest BCUT2D eigenvalue weighted by atomic mass is 9.98. The summed E-state index contributed by atoms with van der Waals surface area (Å²) in [4.78, 5) is 12.1. The van der Waals surface area contributed by atoms with Gasteiger partial charge in [-0.3, -0.25) is 4.79 Å². The maximum absolute atomic E-state index is 12.1. The van der Waals surface area contributed by atoms with E-state index in [0.29, 0.717) is 6.04 Å². The second-order valence-corrected chi connectivity index (χ2v) is 5.36. The molecule has 1 heterocycles. The molecule has 0 radical (unpaired) electrons. The molecule has 1 saturated carbocycles. The van der Waals surface area contributed by atoms with Gasteiger partial charge in [0.05, 0.1) is 0 Å². The molecular weight excluding hydrogens is 224 g/mol. The highest BCUT2D eigenvalue weighted by molar-refractivity contribution is 5.07. The SMILES string of the molecule is CCNC(Cn1cccc(C)c1=O)C1CCCC1. The zero-order valence-corrected chi connectivity index (χ0v) is 11.5. The second-order valence-electron chi connectivity index (χ2n) is 5.36. The van der Waals surface area contributed by atoms with Crippen LogP contribution in [-0.4, -0.2) is 17.2 Å². The minimum absolute atomic E-state index is 0.151. The highest BCUT2D eigenvalue weighted by atomic mass is 16.1. The highest BCUT2D eigenvalue weighted by Gasteiger charge is 2.24. The Morgan fingerprint density at radius 1 is 1.44 bits per heavy atom. The quantitative estimate of drug-likeness (QED) is 0.867. The molecule has 0 amide bonds. The zero-order chi connectivity index (χ0) is 13.0. The normalized spacial score (nSPS) is 18.1.